The Labute approximate surface area is 185 Å². The van der Waals surface area contributed by atoms with Crippen molar-refractivity contribution in [1.29, 1.82) is 0 Å². The van der Waals surface area contributed by atoms with Crippen LogP contribution in [0.5, 0.6) is 0 Å². The minimum atomic E-state index is -4.47. The molecule has 0 aliphatic rings. The van der Waals surface area contributed by atoms with Gasteiger partial charge < -0.3 is 10.6 Å². The van der Waals surface area contributed by atoms with Gasteiger partial charge in [0.05, 0.1) is 16.0 Å². The standard InChI is InChI=1S/C23H15F3N4O3/c24-23(25,26)15-7-8-19-20(9-10-27-21(19)12-15)28-16-4-1-3-14(11-16)22(31)29-17-5-2-6-18(13-17)30(32)33/h1-13H,(H,27,28)(H,29,31). The predicted octanol–water partition coefficient (Wildman–Crippen LogP) is 6.16. The molecule has 1 amide bonds. The van der Waals surface area contributed by atoms with Gasteiger partial charge in [-0.3, -0.25) is 19.9 Å². The minimum Gasteiger partial charge on any atom is -0.355 e. The molecule has 0 aliphatic carbocycles. The van der Waals surface area contributed by atoms with Crippen LogP contribution in [0.15, 0.2) is 79.0 Å². The van der Waals surface area contributed by atoms with Crippen LogP contribution in [0.2, 0.25) is 0 Å². The lowest BCUT2D eigenvalue weighted by Gasteiger charge is -2.12. The zero-order chi connectivity index (χ0) is 23.6. The molecule has 4 aromatic rings. The molecule has 3 aromatic carbocycles. The van der Waals surface area contributed by atoms with E-state index < -0.39 is 22.6 Å². The van der Waals surface area contributed by atoms with Crippen LogP contribution in [-0.2, 0) is 6.18 Å². The number of carbonyl (C=O) groups is 1. The van der Waals surface area contributed by atoms with Gasteiger partial charge in [0.25, 0.3) is 11.6 Å². The molecule has 0 aliphatic heterocycles. The Balaban J connectivity index is 1.57. The molecule has 0 atom stereocenters. The average molecular weight is 452 g/mol. The Morgan fingerprint density at radius 1 is 0.939 bits per heavy atom. The zero-order valence-corrected chi connectivity index (χ0v) is 16.8. The summed E-state index contributed by atoms with van der Waals surface area (Å²) in [6, 6.07) is 16.9. The Hall–Kier alpha value is -4.47. The van der Waals surface area contributed by atoms with Crippen LogP contribution >= 0.6 is 0 Å². The quantitative estimate of drug-likeness (QED) is 0.279. The smallest absolute Gasteiger partial charge is 0.355 e. The molecule has 0 saturated carbocycles. The van der Waals surface area contributed by atoms with E-state index >= 15 is 0 Å². The number of benzene rings is 3. The number of amides is 1. The first-order valence-electron chi connectivity index (χ1n) is 9.59. The highest BCUT2D eigenvalue weighted by Gasteiger charge is 2.30. The summed E-state index contributed by atoms with van der Waals surface area (Å²) < 4.78 is 39.0. The third kappa shape index (κ3) is 4.90. The molecule has 0 bridgehead atoms. The minimum absolute atomic E-state index is 0.151. The lowest BCUT2D eigenvalue weighted by molar-refractivity contribution is -0.384. The van der Waals surface area contributed by atoms with E-state index in [1.165, 1.54) is 36.5 Å². The van der Waals surface area contributed by atoms with Gasteiger partial charge in [0.15, 0.2) is 0 Å². The first-order chi connectivity index (χ1) is 15.7. The Morgan fingerprint density at radius 3 is 2.45 bits per heavy atom. The van der Waals surface area contributed by atoms with Crippen LogP contribution in [-0.4, -0.2) is 15.8 Å². The van der Waals surface area contributed by atoms with Crippen molar-refractivity contribution < 1.29 is 22.9 Å². The number of nitro groups is 1. The summed E-state index contributed by atoms with van der Waals surface area (Å²) in [5, 5.41) is 17.1. The van der Waals surface area contributed by atoms with Crippen molar-refractivity contribution in [1.82, 2.24) is 4.98 Å². The van der Waals surface area contributed by atoms with Crippen molar-refractivity contribution >= 4 is 39.6 Å². The number of hydrogen-bond donors (Lipinski definition) is 2. The van der Waals surface area contributed by atoms with E-state index in [1.54, 1.807) is 30.3 Å². The molecule has 4 rings (SSSR count). The number of nitro benzene ring substituents is 1. The average Bonchev–Trinajstić information content (AvgIpc) is 2.78. The Bertz CT molecular complexity index is 1370. The summed E-state index contributed by atoms with van der Waals surface area (Å²) in [7, 11) is 0. The molecule has 1 heterocycles. The molecule has 1 aromatic heterocycles. The summed E-state index contributed by atoms with van der Waals surface area (Å²) in [6.45, 7) is 0. The number of fused-ring (bicyclic) bond motifs is 1. The van der Waals surface area contributed by atoms with E-state index in [1.807, 2.05) is 0 Å². The SMILES string of the molecule is O=C(Nc1cccc([N+](=O)[O-])c1)c1cccc(Nc2ccnc3cc(C(F)(F)F)ccc23)c1. The lowest BCUT2D eigenvalue weighted by atomic mass is 10.1. The number of carbonyl (C=O) groups excluding carboxylic acids is 1. The second kappa shape index (κ2) is 8.58. The molecular weight excluding hydrogens is 437 g/mol. The number of alkyl halides is 3. The van der Waals surface area contributed by atoms with E-state index in [9.17, 15) is 28.1 Å². The summed E-state index contributed by atoms with van der Waals surface area (Å²) in [5.74, 6) is -0.478. The van der Waals surface area contributed by atoms with Gasteiger partial charge in [0, 0.05) is 46.3 Å². The zero-order valence-electron chi connectivity index (χ0n) is 16.8. The Kier molecular flexibility index (Phi) is 5.65. The topological polar surface area (TPSA) is 97.2 Å². The molecule has 7 nitrogen and oxygen atoms in total. The van der Waals surface area contributed by atoms with Crippen molar-refractivity contribution in [3.63, 3.8) is 0 Å². The molecule has 0 unspecified atom stereocenters. The number of aromatic nitrogens is 1. The number of pyridine rings is 1. The summed E-state index contributed by atoms with van der Waals surface area (Å²) >= 11 is 0. The fourth-order valence-electron chi connectivity index (χ4n) is 3.23. The number of rotatable bonds is 5. The molecule has 10 heteroatoms. The maximum absolute atomic E-state index is 13.0. The first kappa shape index (κ1) is 21.8. The van der Waals surface area contributed by atoms with Crippen molar-refractivity contribution in [2.45, 2.75) is 6.18 Å². The highest BCUT2D eigenvalue weighted by atomic mass is 19.4. The van der Waals surface area contributed by atoms with E-state index in [-0.39, 0.29) is 22.5 Å². The normalized spacial score (nSPS) is 11.2. The van der Waals surface area contributed by atoms with E-state index in [0.717, 1.165) is 12.1 Å². The van der Waals surface area contributed by atoms with Gasteiger partial charge in [-0.25, -0.2) is 0 Å². The highest BCUT2D eigenvalue weighted by molar-refractivity contribution is 6.05. The summed E-state index contributed by atoms with van der Waals surface area (Å²) in [5.41, 5.74) is 0.826. The lowest BCUT2D eigenvalue weighted by Crippen LogP contribution is -2.12. The van der Waals surface area contributed by atoms with Gasteiger partial charge in [0.1, 0.15) is 0 Å². The maximum Gasteiger partial charge on any atom is 0.416 e. The molecule has 0 radical (unpaired) electrons. The van der Waals surface area contributed by atoms with Crippen molar-refractivity contribution in [2.24, 2.45) is 0 Å². The fraction of sp³-hybridized carbons (Fsp3) is 0.0435. The van der Waals surface area contributed by atoms with Crippen LogP contribution < -0.4 is 10.6 Å². The molecule has 166 valence electrons. The van der Waals surface area contributed by atoms with E-state index in [2.05, 4.69) is 15.6 Å². The monoisotopic (exact) mass is 452 g/mol. The van der Waals surface area contributed by atoms with Crippen LogP contribution in [0, 0.1) is 10.1 Å². The molecule has 0 fully saturated rings. The van der Waals surface area contributed by atoms with Crippen LogP contribution in [0.25, 0.3) is 10.9 Å². The predicted molar refractivity (Wildman–Crippen MR) is 118 cm³/mol. The van der Waals surface area contributed by atoms with E-state index in [0.29, 0.717) is 16.8 Å². The van der Waals surface area contributed by atoms with Crippen molar-refractivity contribution in [3.05, 3.63) is 100 Å². The highest BCUT2D eigenvalue weighted by Crippen LogP contribution is 2.33. The van der Waals surface area contributed by atoms with Gasteiger partial charge in [-0.15, -0.1) is 0 Å². The second-order valence-electron chi connectivity index (χ2n) is 7.06. The maximum atomic E-state index is 13.0. The number of halogens is 3. The number of nitrogens with one attached hydrogen (secondary N) is 2. The molecule has 0 saturated heterocycles. The van der Waals surface area contributed by atoms with Gasteiger partial charge in [-0.1, -0.05) is 18.2 Å². The largest absolute Gasteiger partial charge is 0.416 e. The third-order valence-corrected chi connectivity index (χ3v) is 4.79. The summed E-state index contributed by atoms with van der Waals surface area (Å²) in [4.78, 5) is 27.0. The second-order valence-corrected chi connectivity index (χ2v) is 7.06. The van der Waals surface area contributed by atoms with Gasteiger partial charge in [-0.2, -0.15) is 13.2 Å². The van der Waals surface area contributed by atoms with E-state index in [4.69, 9.17) is 0 Å². The van der Waals surface area contributed by atoms with Crippen LogP contribution in [0.1, 0.15) is 15.9 Å². The summed E-state index contributed by atoms with van der Waals surface area (Å²) in [6.07, 6.45) is -3.08. The Morgan fingerprint density at radius 2 is 1.70 bits per heavy atom. The molecular formula is C23H15F3N4O3. The number of hydrogen-bond acceptors (Lipinski definition) is 5. The number of nitrogens with zero attached hydrogens (tertiary/aromatic N) is 2. The van der Waals surface area contributed by atoms with Crippen LogP contribution in [0.4, 0.5) is 35.9 Å². The molecule has 0 spiro atoms. The first-order valence-corrected chi connectivity index (χ1v) is 9.59. The van der Waals surface area contributed by atoms with Crippen molar-refractivity contribution in [3.8, 4) is 0 Å². The van der Waals surface area contributed by atoms with Gasteiger partial charge in [0.2, 0.25) is 0 Å². The van der Waals surface area contributed by atoms with Gasteiger partial charge >= 0.3 is 6.18 Å². The third-order valence-electron chi connectivity index (χ3n) is 4.79. The van der Waals surface area contributed by atoms with Crippen molar-refractivity contribution in [2.75, 3.05) is 10.6 Å². The number of non-ortho nitro benzene ring substituents is 1. The molecule has 2 N–H and O–H groups in total. The fourth-order valence-corrected chi connectivity index (χ4v) is 3.23. The number of anilines is 3. The van der Waals surface area contributed by atoms with Gasteiger partial charge in [-0.05, 0) is 42.5 Å². The van der Waals surface area contributed by atoms with Crippen LogP contribution in [0.3, 0.4) is 0 Å². The molecule has 33 heavy (non-hydrogen) atoms.